The van der Waals surface area contributed by atoms with E-state index < -0.39 is 29.2 Å². The maximum absolute atomic E-state index is 13.1. The van der Waals surface area contributed by atoms with Crippen LogP contribution in [0, 0.1) is 5.92 Å². The number of carbonyl (C=O) groups excluding carboxylic acids is 2. The van der Waals surface area contributed by atoms with Crippen LogP contribution in [0.5, 0.6) is 0 Å². The van der Waals surface area contributed by atoms with E-state index in [9.17, 15) is 22.8 Å². The molecule has 1 aromatic heterocycles. The van der Waals surface area contributed by atoms with Crippen molar-refractivity contribution in [1.82, 2.24) is 4.98 Å². The second-order valence-corrected chi connectivity index (χ2v) is 7.52. The van der Waals surface area contributed by atoms with Crippen molar-refractivity contribution in [2.24, 2.45) is 11.0 Å². The largest absolute Gasteiger partial charge is 0.417 e. The summed E-state index contributed by atoms with van der Waals surface area (Å²) in [7, 11) is 1.43. The molecule has 0 saturated carbocycles. The number of nitrogens with zero attached hydrogens (tertiary/aromatic N) is 3. The van der Waals surface area contributed by atoms with Gasteiger partial charge in [-0.05, 0) is 11.6 Å². The van der Waals surface area contributed by atoms with Crippen LogP contribution >= 0.6 is 11.6 Å². The topological polar surface area (TPSA) is 62.6 Å². The number of hydrogen-bond acceptors (Lipinski definition) is 5. The Balaban J connectivity index is 1.79. The van der Waals surface area contributed by atoms with Crippen molar-refractivity contribution in [2.75, 3.05) is 12.1 Å². The molecule has 1 aliphatic carbocycles. The molecule has 4 rings (SSSR count). The zero-order valence-electron chi connectivity index (χ0n) is 16.6. The SMILES string of the molecule is CN(N=C(c1ccccc1)C1C(=O)c2ccccc2C1=O)c1ncc(C(F)(F)F)cc1Cl. The van der Waals surface area contributed by atoms with Gasteiger partial charge in [0.05, 0.1) is 16.3 Å². The van der Waals surface area contributed by atoms with Gasteiger partial charge in [-0.3, -0.25) is 9.59 Å². The smallest absolute Gasteiger partial charge is 0.293 e. The first-order chi connectivity index (χ1) is 15.2. The minimum atomic E-state index is -4.60. The van der Waals surface area contributed by atoms with Gasteiger partial charge in [0.15, 0.2) is 17.4 Å². The van der Waals surface area contributed by atoms with Gasteiger partial charge in [-0.25, -0.2) is 9.99 Å². The number of fused-ring (bicyclic) bond motifs is 1. The monoisotopic (exact) mass is 457 g/mol. The fraction of sp³-hybridized carbons (Fsp3) is 0.130. The van der Waals surface area contributed by atoms with E-state index in [1.807, 2.05) is 0 Å². The number of hydrazone groups is 1. The molecule has 0 bridgehead atoms. The first-order valence-corrected chi connectivity index (χ1v) is 9.84. The Morgan fingerprint density at radius 1 is 1.00 bits per heavy atom. The lowest BCUT2D eigenvalue weighted by atomic mass is 9.92. The summed E-state index contributed by atoms with van der Waals surface area (Å²) >= 11 is 6.04. The second-order valence-electron chi connectivity index (χ2n) is 7.11. The number of carbonyl (C=O) groups is 2. The molecule has 9 heteroatoms. The standard InChI is InChI=1S/C23H15ClF3N3O2/c1-30(22-17(24)11-14(12-28-22)23(25,26)27)29-19(13-7-3-2-4-8-13)18-20(31)15-9-5-6-10-16(15)21(18)32/h2-12,18H,1H3. The molecule has 0 fully saturated rings. The number of halogens is 4. The number of Topliss-reactive ketones (excluding diaryl/α,β-unsaturated/α-hetero) is 2. The highest BCUT2D eigenvalue weighted by atomic mass is 35.5. The average Bonchev–Trinajstić information content (AvgIpc) is 3.02. The molecule has 0 spiro atoms. The van der Waals surface area contributed by atoms with E-state index in [-0.39, 0.29) is 16.6 Å². The molecule has 2 aromatic carbocycles. The van der Waals surface area contributed by atoms with Gasteiger partial charge in [0.2, 0.25) is 0 Å². The number of aromatic nitrogens is 1. The van der Waals surface area contributed by atoms with Crippen LogP contribution in [0.25, 0.3) is 0 Å². The Labute approximate surface area is 186 Å². The number of ketones is 2. The van der Waals surface area contributed by atoms with Crippen molar-refractivity contribution in [3.05, 3.63) is 94.1 Å². The molecule has 0 saturated heterocycles. The highest BCUT2D eigenvalue weighted by Gasteiger charge is 2.42. The minimum absolute atomic E-state index is 0.0523. The predicted molar refractivity (Wildman–Crippen MR) is 114 cm³/mol. The van der Waals surface area contributed by atoms with Gasteiger partial charge in [0.1, 0.15) is 5.92 Å². The van der Waals surface area contributed by atoms with Crippen molar-refractivity contribution in [3.8, 4) is 0 Å². The highest BCUT2D eigenvalue weighted by Crippen LogP contribution is 2.34. The Kier molecular flexibility index (Phi) is 5.56. The summed E-state index contributed by atoms with van der Waals surface area (Å²) in [6.07, 6.45) is -3.95. The van der Waals surface area contributed by atoms with Gasteiger partial charge in [0.25, 0.3) is 0 Å². The number of pyridine rings is 1. The van der Waals surface area contributed by atoms with Gasteiger partial charge in [0, 0.05) is 24.4 Å². The van der Waals surface area contributed by atoms with Crippen molar-refractivity contribution in [3.63, 3.8) is 0 Å². The minimum Gasteiger partial charge on any atom is -0.293 e. The number of hydrogen-bond donors (Lipinski definition) is 0. The van der Waals surface area contributed by atoms with Crippen molar-refractivity contribution >= 4 is 34.7 Å². The van der Waals surface area contributed by atoms with Crippen LogP contribution in [0.15, 0.2) is 72.0 Å². The summed E-state index contributed by atoms with van der Waals surface area (Å²) in [4.78, 5) is 29.9. The molecule has 32 heavy (non-hydrogen) atoms. The summed E-state index contributed by atoms with van der Waals surface area (Å²) in [5.74, 6) is -2.03. The van der Waals surface area contributed by atoms with Crippen LogP contribution < -0.4 is 5.01 Å². The summed E-state index contributed by atoms with van der Waals surface area (Å²) < 4.78 is 38.8. The quantitative estimate of drug-likeness (QED) is 0.303. The van der Waals surface area contributed by atoms with Gasteiger partial charge in [-0.15, -0.1) is 0 Å². The van der Waals surface area contributed by atoms with Crippen LogP contribution in [0.1, 0.15) is 31.8 Å². The summed E-state index contributed by atoms with van der Waals surface area (Å²) in [6.45, 7) is 0. The van der Waals surface area contributed by atoms with E-state index in [0.717, 1.165) is 11.1 Å². The van der Waals surface area contributed by atoms with E-state index in [0.29, 0.717) is 22.9 Å². The van der Waals surface area contributed by atoms with E-state index in [1.165, 1.54) is 7.05 Å². The van der Waals surface area contributed by atoms with Gasteiger partial charge < -0.3 is 0 Å². The maximum Gasteiger partial charge on any atom is 0.417 e. The van der Waals surface area contributed by atoms with Crippen LogP contribution in [0.2, 0.25) is 5.02 Å². The fourth-order valence-corrected chi connectivity index (χ4v) is 3.80. The van der Waals surface area contributed by atoms with E-state index in [2.05, 4.69) is 10.1 Å². The van der Waals surface area contributed by atoms with Crippen LogP contribution in [-0.4, -0.2) is 29.3 Å². The normalized spacial score (nSPS) is 14.6. The molecular weight excluding hydrogens is 443 g/mol. The van der Waals surface area contributed by atoms with Gasteiger partial charge in [-0.2, -0.15) is 18.3 Å². The molecule has 3 aromatic rings. The number of anilines is 1. The molecule has 0 atom stereocenters. The maximum atomic E-state index is 13.1. The summed E-state index contributed by atoms with van der Waals surface area (Å²) in [6, 6.07) is 15.9. The molecular formula is C23H15ClF3N3O2. The Morgan fingerprint density at radius 3 is 2.09 bits per heavy atom. The lowest BCUT2D eigenvalue weighted by Crippen LogP contribution is -2.29. The second kappa shape index (κ2) is 8.20. The Bertz CT molecular complexity index is 1210. The summed E-state index contributed by atoms with van der Waals surface area (Å²) in [5, 5.41) is 5.30. The third-order valence-electron chi connectivity index (χ3n) is 5.04. The summed E-state index contributed by atoms with van der Waals surface area (Å²) in [5.41, 5.74) is 0.279. The molecule has 1 aliphatic rings. The molecule has 5 nitrogen and oxygen atoms in total. The number of rotatable bonds is 4. The van der Waals surface area contributed by atoms with Crippen molar-refractivity contribution in [1.29, 1.82) is 0 Å². The first kappa shape index (κ1) is 21.7. The molecule has 0 aliphatic heterocycles. The molecule has 0 unspecified atom stereocenters. The average molecular weight is 458 g/mol. The third kappa shape index (κ3) is 3.89. The zero-order valence-corrected chi connectivity index (χ0v) is 17.4. The lowest BCUT2D eigenvalue weighted by Gasteiger charge is -2.19. The molecule has 0 radical (unpaired) electrons. The van der Waals surface area contributed by atoms with Crippen LogP contribution in [0.4, 0.5) is 19.0 Å². The lowest BCUT2D eigenvalue weighted by molar-refractivity contribution is -0.137. The first-order valence-electron chi connectivity index (χ1n) is 9.46. The molecule has 0 amide bonds. The zero-order chi connectivity index (χ0) is 23.0. The predicted octanol–water partition coefficient (Wildman–Crippen LogP) is 5.29. The van der Waals surface area contributed by atoms with Crippen LogP contribution in [-0.2, 0) is 6.18 Å². The molecule has 1 heterocycles. The third-order valence-corrected chi connectivity index (χ3v) is 5.32. The van der Waals surface area contributed by atoms with Crippen molar-refractivity contribution in [2.45, 2.75) is 6.18 Å². The van der Waals surface area contributed by atoms with Gasteiger partial charge in [-0.1, -0.05) is 66.2 Å². The number of alkyl halides is 3. The highest BCUT2D eigenvalue weighted by molar-refractivity contribution is 6.39. The molecule has 0 N–H and O–H groups in total. The Morgan fingerprint density at radius 2 is 1.56 bits per heavy atom. The molecule has 162 valence electrons. The Hall–Kier alpha value is -3.52. The van der Waals surface area contributed by atoms with Crippen molar-refractivity contribution < 1.29 is 22.8 Å². The number of benzene rings is 2. The van der Waals surface area contributed by atoms with E-state index in [1.54, 1.807) is 54.6 Å². The van der Waals surface area contributed by atoms with E-state index in [4.69, 9.17) is 11.6 Å². The van der Waals surface area contributed by atoms with Gasteiger partial charge >= 0.3 is 6.18 Å². The van der Waals surface area contributed by atoms with E-state index >= 15 is 0 Å². The fourth-order valence-electron chi connectivity index (χ4n) is 3.52. The van der Waals surface area contributed by atoms with Crippen LogP contribution in [0.3, 0.4) is 0 Å².